The van der Waals surface area contributed by atoms with Crippen LogP contribution in [-0.2, 0) is 23.0 Å². The number of nitrogens with one attached hydrogen (secondary N) is 1. The van der Waals surface area contributed by atoms with Gasteiger partial charge in [0.05, 0.1) is 11.2 Å². The van der Waals surface area contributed by atoms with E-state index in [0.717, 1.165) is 11.4 Å². The molecule has 0 spiro atoms. The van der Waals surface area contributed by atoms with Gasteiger partial charge >= 0.3 is 0 Å². The van der Waals surface area contributed by atoms with Gasteiger partial charge in [-0.15, -0.1) is 11.3 Å². The SMILES string of the molecule is NCCCn1cc(S(=O)(=O)NCCc2nccs2)cn1. The first-order valence-electron chi connectivity index (χ1n) is 6.22. The zero-order chi connectivity index (χ0) is 14.4. The lowest BCUT2D eigenvalue weighted by Crippen LogP contribution is -2.25. The van der Waals surface area contributed by atoms with Crippen LogP contribution in [-0.4, -0.2) is 36.3 Å². The number of thiazole rings is 1. The largest absolute Gasteiger partial charge is 0.330 e. The van der Waals surface area contributed by atoms with E-state index in [1.165, 1.54) is 23.7 Å². The van der Waals surface area contributed by atoms with E-state index >= 15 is 0 Å². The quantitative estimate of drug-likeness (QED) is 0.725. The van der Waals surface area contributed by atoms with E-state index < -0.39 is 10.0 Å². The molecule has 2 rings (SSSR count). The van der Waals surface area contributed by atoms with Crippen LogP contribution in [0.3, 0.4) is 0 Å². The second-order valence-corrected chi connectivity index (χ2v) is 6.90. The molecule has 110 valence electrons. The minimum atomic E-state index is -3.51. The molecule has 2 heterocycles. The summed E-state index contributed by atoms with van der Waals surface area (Å²) in [4.78, 5) is 4.28. The number of sulfonamides is 1. The molecule has 2 aromatic heterocycles. The van der Waals surface area contributed by atoms with Crippen LogP contribution >= 0.6 is 11.3 Å². The van der Waals surface area contributed by atoms with Gasteiger partial charge in [0.1, 0.15) is 4.90 Å². The molecule has 0 aliphatic carbocycles. The van der Waals surface area contributed by atoms with Gasteiger partial charge in [-0.05, 0) is 13.0 Å². The summed E-state index contributed by atoms with van der Waals surface area (Å²) in [5.41, 5.74) is 5.40. The number of nitrogens with two attached hydrogens (primary N) is 1. The Kier molecular flexibility index (Phi) is 5.24. The first kappa shape index (κ1) is 15.1. The van der Waals surface area contributed by atoms with Crippen molar-refractivity contribution in [3.8, 4) is 0 Å². The van der Waals surface area contributed by atoms with Crippen molar-refractivity contribution in [2.75, 3.05) is 13.1 Å². The summed E-state index contributed by atoms with van der Waals surface area (Å²) in [6.45, 7) is 1.49. The van der Waals surface area contributed by atoms with Gasteiger partial charge in [0.15, 0.2) is 0 Å². The van der Waals surface area contributed by atoms with Gasteiger partial charge in [-0.25, -0.2) is 18.1 Å². The molecule has 0 atom stereocenters. The van der Waals surface area contributed by atoms with Gasteiger partial charge in [-0.1, -0.05) is 0 Å². The van der Waals surface area contributed by atoms with Gasteiger partial charge in [-0.3, -0.25) is 4.68 Å². The molecule has 0 bridgehead atoms. The number of aromatic nitrogens is 3. The van der Waals surface area contributed by atoms with Crippen molar-refractivity contribution in [2.45, 2.75) is 24.3 Å². The van der Waals surface area contributed by atoms with E-state index in [-0.39, 0.29) is 4.90 Å². The maximum atomic E-state index is 12.0. The van der Waals surface area contributed by atoms with Gasteiger partial charge in [0.2, 0.25) is 10.0 Å². The average Bonchev–Trinajstić information content (AvgIpc) is 3.07. The maximum Gasteiger partial charge on any atom is 0.243 e. The van der Waals surface area contributed by atoms with Crippen LogP contribution in [0.25, 0.3) is 0 Å². The third-order valence-corrected chi connectivity index (χ3v) is 4.88. The summed E-state index contributed by atoms with van der Waals surface area (Å²) >= 11 is 1.51. The zero-order valence-corrected chi connectivity index (χ0v) is 12.5. The Labute approximate surface area is 121 Å². The molecule has 0 aromatic carbocycles. The fraction of sp³-hybridized carbons (Fsp3) is 0.455. The van der Waals surface area contributed by atoms with E-state index in [0.29, 0.717) is 26.1 Å². The Morgan fingerprint density at radius 2 is 2.30 bits per heavy atom. The summed E-state index contributed by atoms with van der Waals surface area (Å²) in [6, 6.07) is 0. The summed E-state index contributed by atoms with van der Waals surface area (Å²) in [6.07, 6.45) is 5.91. The lowest BCUT2D eigenvalue weighted by molar-refractivity contribution is 0.576. The van der Waals surface area contributed by atoms with Gasteiger partial charge in [-0.2, -0.15) is 5.10 Å². The molecule has 7 nitrogen and oxygen atoms in total. The fourth-order valence-corrected chi connectivity index (χ4v) is 3.22. The second kappa shape index (κ2) is 6.93. The third kappa shape index (κ3) is 4.10. The number of hydrogen-bond donors (Lipinski definition) is 2. The van der Waals surface area contributed by atoms with E-state index in [2.05, 4.69) is 14.8 Å². The van der Waals surface area contributed by atoms with Crippen molar-refractivity contribution in [1.82, 2.24) is 19.5 Å². The van der Waals surface area contributed by atoms with Crippen molar-refractivity contribution in [3.05, 3.63) is 29.0 Å². The normalized spacial score (nSPS) is 11.8. The van der Waals surface area contributed by atoms with Crippen LogP contribution in [0.15, 0.2) is 28.9 Å². The Morgan fingerprint density at radius 1 is 1.45 bits per heavy atom. The smallest absolute Gasteiger partial charge is 0.243 e. The van der Waals surface area contributed by atoms with Crippen LogP contribution < -0.4 is 10.5 Å². The number of rotatable bonds is 8. The van der Waals surface area contributed by atoms with Crippen LogP contribution in [0.5, 0.6) is 0 Å². The minimum absolute atomic E-state index is 0.175. The summed E-state index contributed by atoms with van der Waals surface area (Å²) < 4.78 is 28.2. The molecule has 3 N–H and O–H groups in total. The summed E-state index contributed by atoms with van der Waals surface area (Å²) in [7, 11) is -3.51. The fourth-order valence-electron chi connectivity index (χ4n) is 1.61. The lowest BCUT2D eigenvalue weighted by Gasteiger charge is -2.03. The first-order valence-corrected chi connectivity index (χ1v) is 8.58. The van der Waals surface area contributed by atoms with Crippen molar-refractivity contribution in [1.29, 1.82) is 0 Å². The highest BCUT2D eigenvalue weighted by molar-refractivity contribution is 7.89. The molecule has 0 aliphatic rings. The molecule has 0 saturated heterocycles. The average molecular weight is 315 g/mol. The molecule has 0 amide bonds. The highest BCUT2D eigenvalue weighted by Gasteiger charge is 2.15. The Bertz CT molecular complexity index is 621. The van der Waals surface area contributed by atoms with Crippen LogP contribution in [0.2, 0.25) is 0 Å². The third-order valence-electron chi connectivity index (χ3n) is 2.63. The van der Waals surface area contributed by atoms with Crippen LogP contribution in [0.1, 0.15) is 11.4 Å². The summed E-state index contributed by atoms with van der Waals surface area (Å²) in [5, 5.41) is 6.78. The lowest BCUT2D eigenvalue weighted by atomic mass is 10.4. The molecule has 20 heavy (non-hydrogen) atoms. The maximum absolute atomic E-state index is 12.0. The van der Waals surface area contributed by atoms with Crippen molar-refractivity contribution >= 4 is 21.4 Å². The molecule has 0 unspecified atom stereocenters. The summed E-state index contributed by atoms with van der Waals surface area (Å²) in [5.74, 6) is 0. The Hall–Kier alpha value is -1.29. The van der Waals surface area contributed by atoms with E-state index in [1.54, 1.807) is 10.9 Å². The molecule has 0 aliphatic heterocycles. The molecule has 2 aromatic rings. The predicted octanol–water partition coefficient (Wildman–Crippen LogP) is 0.209. The number of aryl methyl sites for hydroxylation is 1. The molecule has 0 radical (unpaired) electrons. The molecular formula is C11H17N5O2S2. The molecule has 0 fully saturated rings. The molecule has 0 saturated carbocycles. The Morgan fingerprint density at radius 3 is 3.00 bits per heavy atom. The highest BCUT2D eigenvalue weighted by atomic mass is 32.2. The van der Waals surface area contributed by atoms with Gasteiger partial charge in [0.25, 0.3) is 0 Å². The number of hydrogen-bond acceptors (Lipinski definition) is 6. The van der Waals surface area contributed by atoms with Crippen molar-refractivity contribution in [2.24, 2.45) is 5.73 Å². The number of nitrogens with zero attached hydrogens (tertiary/aromatic N) is 3. The Balaban J connectivity index is 1.90. The van der Waals surface area contributed by atoms with Crippen LogP contribution in [0, 0.1) is 0 Å². The van der Waals surface area contributed by atoms with Crippen molar-refractivity contribution in [3.63, 3.8) is 0 Å². The van der Waals surface area contributed by atoms with Crippen LogP contribution in [0.4, 0.5) is 0 Å². The van der Waals surface area contributed by atoms with Gasteiger partial charge < -0.3 is 5.73 Å². The van der Waals surface area contributed by atoms with Gasteiger partial charge in [0, 0.05) is 37.3 Å². The van der Waals surface area contributed by atoms with E-state index in [4.69, 9.17) is 5.73 Å². The minimum Gasteiger partial charge on any atom is -0.330 e. The van der Waals surface area contributed by atoms with Crippen molar-refractivity contribution < 1.29 is 8.42 Å². The zero-order valence-electron chi connectivity index (χ0n) is 10.9. The highest BCUT2D eigenvalue weighted by Crippen LogP contribution is 2.08. The molecule has 9 heteroatoms. The van der Waals surface area contributed by atoms with E-state index in [1.807, 2.05) is 5.38 Å². The monoisotopic (exact) mass is 315 g/mol. The first-order chi connectivity index (χ1) is 9.62. The molecular weight excluding hydrogens is 298 g/mol. The van der Waals surface area contributed by atoms with E-state index in [9.17, 15) is 8.42 Å². The standard InChI is InChI=1S/C11H17N5O2S2/c12-3-1-6-16-9-10(8-14-16)20(17,18)15-4-2-11-13-5-7-19-11/h5,7-9,15H,1-4,6,12H2. The topological polar surface area (TPSA) is 103 Å². The predicted molar refractivity (Wildman–Crippen MR) is 76.9 cm³/mol. The second-order valence-electron chi connectivity index (χ2n) is 4.15.